The van der Waals surface area contributed by atoms with Gasteiger partial charge in [0.25, 0.3) is 0 Å². The Morgan fingerprint density at radius 2 is 1.73 bits per heavy atom. The third-order valence-electron chi connectivity index (χ3n) is 7.24. The maximum atomic E-state index is 12.7. The van der Waals surface area contributed by atoms with Crippen LogP contribution in [0, 0.1) is 0 Å². The van der Waals surface area contributed by atoms with E-state index in [1.165, 1.54) is 32.1 Å². The minimum absolute atomic E-state index is 0.0197. The van der Waals surface area contributed by atoms with Gasteiger partial charge < -0.3 is 23.5 Å². The molecule has 1 fully saturated rings. The fraction of sp³-hybridized carbons (Fsp3) is 0.606. The van der Waals surface area contributed by atoms with E-state index < -0.39 is 29.4 Å². The van der Waals surface area contributed by atoms with Gasteiger partial charge in [-0.2, -0.15) is 4.98 Å². The molecule has 4 rings (SSSR count). The second kappa shape index (κ2) is 14.3. The number of likely N-dealkylation sites (tertiary alicyclic amines) is 1. The van der Waals surface area contributed by atoms with Crippen molar-refractivity contribution in [3.05, 3.63) is 36.4 Å². The Bertz CT molecular complexity index is 1440. The van der Waals surface area contributed by atoms with Crippen molar-refractivity contribution in [1.29, 1.82) is 0 Å². The molecule has 0 unspecified atom stereocenters. The zero-order valence-electron chi connectivity index (χ0n) is 27.3. The molecule has 1 N–H and O–H groups in total. The first-order chi connectivity index (χ1) is 20.8. The average Bonchev–Trinajstić information content (AvgIpc) is 3.67. The Balaban J connectivity index is 1.57. The first-order valence-electron chi connectivity index (χ1n) is 15.8. The lowest BCUT2D eigenvalue weighted by atomic mass is 10.1. The van der Waals surface area contributed by atoms with Gasteiger partial charge in [-0.25, -0.2) is 9.59 Å². The highest BCUT2D eigenvalue weighted by atomic mass is 16.6. The number of unbranched alkanes of at least 4 members (excludes halogenated alkanes) is 5. The van der Waals surface area contributed by atoms with E-state index in [0.717, 1.165) is 35.9 Å². The molecule has 1 aromatic carbocycles. The molecule has 0 radical (unpaired) electrons. The van der Waals surface area contributed by atoms with Crippen LogP contribution in [-0.2, 0) is 16.0 Å². The maximum Gasteiger partial charge on any atom is 0.437 e. The summed E-state index contributed by atoms with van der Waals surface area (Å²) >= 11 is 0. The maximum absolute atomic E-state index is 12.7. The summed E-state index contributed by atoms with van der Waals surface area (Å²) in [6.07, 6.45) is 9.40. The summed E-state index contributed by atoms with van der Waals surface area (Å²) in [5.74, 6) is 0.898. The van der Waals surface area contributed by atoms with E-state index >= 15 is 0 Å². The number of aliphatic imine (C=N–C) groups is 1. The van der Waals surface area contributed by atoms with Gasteiger partial charge in [-0.05, 0) is 66.9 Å². The number of hydrogen-bond acceptors (Lipinski definition) is 7. The van der Waals surface area contributed by atoms with Crippen molar-refractivity contribution >= 4 is 29.0 Å². The van der Waals surface area contributed by atoms with Crippen LogP contribution in [0.25, 0.3) is 22.3 Å². The van der Waals surface area contributed by atoms with E-state index in [-0.39, 0.29) is 5.96 Å². The van der Waals surface area contributed by atoms with Crippen LogP contribution in [0.4, 0.5) is 9.59 Å². The number of nitrogens with zero attached hydrogens (tertiary/aromatic N) is 5. The average molecular weight is 609 g/mol. The van der Waals surface area contributed by atoms with Crippen LogP contribution >= 0.6 is 0 Å². The van der Waals surface area contributed by atoms with Crippen molar-refractivity contribution < 1.29 is 23.6 Å². The molecule has 2 amide bonds. The summed E-state index contributed by atoms with van der Waals surface area (Å²) < 4.78 is 19.0. The van der Waals surface area contributed by atoms with Crippen LogP contribution in [0.15, 0.2) is 40.0 Å². The number of carbonyl (C=O) groups excluding carboxylic acids is 2. The van der Waals surface area contributed by atoms with Gasteiger partial charge in [0, 0.05) is 35.8 Å². The predicted molar refractivity (Wildman–Crippen MR) is 170 cm³/mol. The highest BCUT2D eigenvalue weighted by molar-refractivity contribution is 5.99. The number of alkyl carbamates (subject to hydrolysis) is 1. The number of guanidine groups is 1. The lowest BCUT2D eigenvalue weighted by Gasteiger charge is -2.27. The molecule has 1 saturated heterocycles. The van der Waals surface area contributed by atoms with Crippen molar-refractivity contribution in [2.45, 2.75) is 124 Å². The van der Waals surface area contributed by atoms with E-state index in [4.69, 9.17) is 19.0 Å². The lowest BCUT2D eigenvalue weighted by molar-refractivity contribution is 0.0553. The van der Waals surface area contributed by atoms with Crippen LogP contribution < -0.4 is 5.32 Å². The van der Waals surface area contributed by atoms with E-state index in [9.17, 15) is 9.59 Å². The quantitative estimate of drug-likeness (QED) is 0.147. The van der Waals surface area contributed by atoms with Gasteiger partial charge in [-0.15, -0.1) is 4.99 Å². The predicted octanol–water partition coefficient (Wildman–Crippen LogP) is 8.00. The minimum atomic E-state index is -0.821. The smallest absolute Gasteiger partial charge is 0.437 e. The molecule has 0 saturated carbocycles. The summed E-state index contributed by atoms with van der Waals surface area (Å²) in [7, 11) is 0. The molecule has 1 atom stereocenters. The Morgan fingerprint density at radius 3 is 2.45 bits per heavy atom. The summed E-state index contributed by atoms with van der Waals surface area (Å²) in [4.78, 5) is 36.2. The number of aryl methyl sites for hydroxylation is 1. The summed E-state index contributed by atoms with van der Waals surface area (Å²) in [6.45, 7) is 14.2. The molecule has 11 heteroatoms. The monoisotopic (exact) mass is 608 g/mol. The molecule has 11 nitrogen and oxygen atoms in total. The molecular formula is C33H48N6O5. The molecule has 1 aliphatic heterocycles. The second-order valence-corrected chi connectivity index (χ2v) is 13.4. The zero-order chi connectivity index (χ0) is 31.9. The summed E-state index contributed by atoms with van der Waals surface area (Å²) in [5.41, 5.74) is 0.553. The van der Waals surface area contributed by atoms with Crippen LogP contribution in [0.5, 0.6) is 0 Å². The lowest BCUT2D eigenvalue weighted by Crippen LogP contribution is -2.46. The number of rotatable bonds is 9. The van der Waals surface area contributed by atoms with Crippen LogP contribution in [0.3, 0.4) is 0 Å². The Labute approximate surface area is 260 Å². The van der Waals surface area contributed by atoms with Crippen molar-refractivity contribution in [3.8, 4) is 11.4 Å². The van der Waals surface area contributed by atoms with Crippen molar-refractivity contribution in [3.63, 3.8) is 0 Å². The molecule has 2 aromatic heterocycles. The first-order valence-corrected chi connectivity index (χ1v) is 15.8. The Kier molecular flexibility index (Phi) is 10.7. The van der Waals surface area contributed by atoms with E-state index in [2.05, 4.69) is 45.3 Å². The summed E-state index contributed by atoms with van der Waals surface area (Å²) in [5, 5.41) is 8.08. The Morgan fingerprint density at radius 1 is 1.02 bits per heavy atom. The van der Waals surface area contributed by atoms with Crippen LogP contribution in [-0.4, -0.2) is 55.5 Å². The highest BCUT2D eigenvalue weighted by Crippen LogP contribution is 2.34. The number of ether oxygens (including phenoxy) is 2. The fourth-order valence-corrected chi connectivity index (χ4v) is 5.36. The SMILES string of the molecule is CCCCCCCCn1cc(-c2noc([C@@H]3CCCN3/C(=N\C(=O)OC(C)(C)C)NC(=O)OC(C)(C)C)n2)c2ccccc21. The number of aromatic nitrogens is 3. The fourth-order valence-electron chi connectivity index (χ4n) is 5.36. The van der Waals surface area contributed by atoms with Crippen molar-refractivity contribution in [2.75, 3.05) is 6.54 Å². The van der Waals surface area contributed by atoms with Gasteiger partial charge in [0.1, 0.15) is 17.2 Å². The van der Waals surface area contributed by atoms with Gasteiger partial charge in [-0.3, -0.25) is 5.32 Å². The third-order valence-corrected chi connectivity index (χ3v) is 7.24. The third kappa shape index (κ3) is 9.06. The number of amides is 2. The number of nitrogens with one attached hydrogen (secondary N) is 1. The number of carbonyl (C=O) groups is 2. The number of benzene rings is 1. The highest BCUT2D eigenvalue weighted by Gasteiger charge is 2.35. The van der Waals surface area contributed by atoms with E-state index in [1.54, 1.807) is 46.4 Å². The van der Waals surface area contributed by atoms with E-state index in [1.807, 2.05) is 12.1 Å². The number of para-hydroxylation sites is 1. The first kappa shape index (κ1) is 33.0. The molecule has 0 aliphatic carbocycles. The zero-order valence-corrected chi connectivity index (χ0v) is 27.3. The molecule has 0 bridgehead atoms. The topological polar surface area (TPSA) is 124 Å². The van der Waals surface area contributed by atoms with Gasteiger partial charge in [0.05, 0.1) is 0 Å². The summed E-state index contributed by atoms with van der Waals surface area (Å²) in [6, 6.07) is 7.87. The van der Waals surface area contributed by atoms with Gasteiger partial charge in [0.15, 0.2) is 0 Å². The second-order valence-electron chi connectivity index (χ2n) is 13.4. The van der Waals surface area contributed by atoms with Crippen LogP contribution in [0.2, 0.25) is 0 Å². The molecule has 44 heavy (non-hydrogen) atoms. The molecular weight excluding hydrogens is 560 g/mol. The normalized spacial score (nSPS) is 16.0. The van der Waals surface area contributed by atoms with Crippen LogP contribution in [0.1, 0.15) is 112 Å². The number of hydrogen-bond donors (Lipinski definition) is 1. The number of fused-ring (bicyclic) bond motifs is 1. The standard InChI is InChI=1S/C33H48N6O5/c1-8-9-10-11-12-15-20-38-22-24(23-17-13-14-18-25(23)38)27-34-28(44-37-27)26-19-16-21-39(26)29(35-30(40)42-32(2,3)4)36-31(41)43-33(5,6)7/h13-14,17-18,22,26H,8-12,15-16,19-21H2,1-7H3,(H,35,36,40,41)/t26-/m0/s1. The molecule has 3 aromatic rings. The molecule has 3 heterocycles. The van der Waals surface area contributed by atoms with Crippen molar-refractivity contribution in [2.24, 2.45) is 4.99 Å². The molecule has 1 aliphatic rings. The van der Waals surface area contributed by atoms with Gasteiger partial charge >= 0.3 is 12.2 Å². The van der Waals surface area contributed by atoms with Gasteiger partial charge in [0.2, 0.25) is 17.7 Å². The molecule has 0 spiro atoms. The largest absolute Gasteiger partial charge is 0.444 e. The van der Waals surface area contributed by atoms with Gasteiger partial charge in [-0.1, -0.05) is 62.4 Å². The minimum Gasteiger partial charge on any atom is -0.444 e. The van der Waals surface area contributed by atoms with E-state index in [0.29, 0.717) is 24.7 Å². The Hall–Kier alpha value is -3.89. The van der Waals surface area contributed by atoms with Crippen molar-refractivity contribution in [1.82, 2.24) is 24.9 Å². The molecule has 240 valence electrons.